The molecular formula is C18H19N5O. The van der Waals surface area contributed by atoms with E-state index in [1.165, 1.54) is 0 Å². The zero-order valence-electron chi connectivity index (χ0n) is 13.4. The van der Waals surface area contributed by atoms with E-state index in [2.05, 4.69) is 25.6 Å². The van der Waals surface area contributed by atoms with E-state index >= 15 is 0 Å². The minimum atomic E-state index is 0.565. The molecule has 2 aromatic heterocycles. The highest BCUT2D eigenvalue weighted by molar-refractivity contribution is 5.57. The number of aromatic nitrogens is 3. The van der Waals surface area contributed by atoms with Gasteiger partial charge in [-0.05, 0) is 48.9 Å². The number of ether oxygens (including phenoxy) is 1. The largest absolute Gasteiger partial charge is 0.494 e. The van der Waals surface area contributed by atoms with E-state index < -0.39 is 0 Å². The van der Waals surface area contributed by atoms with Gasteiger partial charge in [0.25, 0.3) is 0 Å². The number of nitrogens with zero attached hydrogens (tertiary/aromatic N) is 3. The third kappa shape index (κ3) is 4.42. The Balaban J connectivity index is 1.62. The fourth-order valence-electron chi connectivity index (χ4n) is 2.15. The molecule has 0 aliphatic heterocycles. The molecule has 24 heavy (non-hydrogen) atoms. The van der Waals surface area contributed by atoms with Crippen molar-refractivity contribution >= 4 is 17.5 Å². The van der Waals surface area contributed by atoms with Gasteiger partial charge in [0.2, 0.25) is 5.95 Å². The monoisotopic (exact) mass is 321 g/mol. The summed E-state index contributed by atoms with van der Waals surface area (Å²) in [4.78, 5) is 12.8. The summed E-state index contributed by atoms with van der Waals surface area (Å²) in [7, 11) is 0. The third-order valence-corrected chi connectivity index (χ3v) is 3.27. The summed E-state index contributed by atoms with van der Waals surface area (Å²) in [5.41, 5.74) is 2.02. The fourth-order valence-corrected chi connectivity index (χ4v) is 2.15. The Morgan fingerprint density at radius 3 is 2.67 bits per heavy atom. The Hall–Kier alpha value is -3.15. The van der Waals surface area contributed by atoms with Gasteiger partial charge in [0.1, 0.15) is 11.6 Å². The van der Waals surface area contributed by atoms with Crippen LogP contribution < -0.4 is 15.4 Å². The Bertz CT molecular complexity index is 762. The van der Waals surface area contributed by atoms with E-state index in [1.54, 1.807) is 12.4 Å². The lowest BCUT2D eigenvalue weighted by atomic mass is 10.3. The van der Waals surface area contributed by atoms with E-state index in [-0.39, 0.29) is 0 Å². The van der Waals surface area contributed by atoms with Gasteiger partial charge < -0.3 is 15.4 Å². The van der Waals surface area contributed by atoms with Gasteiger partial charge in [-0.15, -0.1) is 0 Å². The Kier molecular flexibility index (Phi) is 5.19. The first-order valence-corrected chi connectivity index (χ1v) is 7.79. The maximum atomic E-state index is 5.44. The first kappa shape index (κ1) is 15.7. The third-order valence-electron chi connectivity index (χ3n) is 3.27. The predicted molar refractivity (Wildman–Crippen MR) is 94.5 cm³/mol. The molecule has 0 unspecified atom stereocenters. The van der Waals surface area contributed by atoms with Crippen LogP contribution in [0.5, 0.6) is 5.75 Å². The van der Waals surface area contributed by atoms with Crippen molar-refractivity contribution in [1.82, 2.24) is 15.0 Å². The van der Waals surface area contributed by atoms with Crippen LogP contribution in [0.15, 0.2) is 61.1 Å². The van der Waals surface area contributed by atoms with Crippen LogP contribution >= 0.6 is 0 Å². The van der Waals surface area contributed by atoms with Crippen LogP contribution in [-0.4, -0.2) is 21.6 Å². The minimum absolute atomic E-state index is 0.565. The molecule has 6 heteroatoms. The highest BCUT2D eigenvalue weighted by Gasteiger charge is 2.01. The number of hydrogen-bond donors (Lipinski definition) is 2. The lowest BCUT2D eigenvalue weighted by molar-refractivity contribution is 0.340. The molecule has 3 aromatic rings. The van der Waals surface area contributed by atoms with E-state index in [0.29, 0.717) is 19.1 Å². The van der Waals surface area contributed by atoms with Gasteiger partial charge in [0.15, 0.2) is 0 Å². The number of benzene rings is 1. The van der Waals surface area contributed by atoms with E-state index in [4.69, 9.17) is 4.74 Å². The van der Waals surface area contributed by atoms with Crippen molar-refractivity contribution in [1.29, 1.82) is 0 Å². The summed E-state index contributed by atoms with van der Waals surface area (Å²) in [5, 5.41) is 6.44. The van der Waals surface area contributed by atoms with Gasteiger partial charge in [-0.2, -0.15) is 4.98 Å². The number of pyridine rings is 1. The summed E-state index contributed by atoms with van der Waals surface area (Å²) >= 11 is 0. The molecule has 2 N–H and O–H groups in total. The molecule has 3 rings (SSSR count). The van der Waals surface area contributed by atoms with Gasteiger partial charge >= 0.3 is 0 Å². The Labute approximate surface area is 141 Å². The number of hydrogen-bond acceptors (Lipinski definition) is 6. The molecule has 0 aliphatic carbocycles. The average Bonchev–Trinajstić information content (AvgIpc) is 2.63. The van der Waals surface area contributed by atoms with Crippen LogP contribution in [0.2, 0.25) is 0 Å². The fraction of sp³-hybridized carbons (Fsp3) is 0.167. The lowest BCUT2D eigenvalue weighted by Crippen LogP contribution is -2.05. The van der Waals surface area contributed by atoms with Gasteiger partial charge in [0.05, 0.1) is 6.61 Å². The van der Waals surface area contributed by atoms with Gasteiger partial charge in [-0.25, -0.2) is 4.98 Å². The van der Waals surface area contributed by atoms with Crippen LogP contribution in [0, 0.1) is 0 Å². The van der Waals surface area contributed by atoms with Crippen LogP contribution in [0.4, 0.5) is 17.5 Å². The molecule has 0 saturated heterocycles. The highest BCUT2D eigenvalue weighted by atomic mass is 16.5. The molecule has 2 heterocycles. The van der Waals surface area contributed by atoms with E-state index in [1.807, 2.05) is 55.6 Å². The van der Waals surface area contributed by atoms with Gasteiger partial charge in [-0.3, -0.25) is 4.98 Å². The molecule has 6 nitrogen and oxygen atoms in total. The molecule has 122 valence electrons. The maximum Gasteiger partial charge on any atom is 0.224 e. The molecule has 0 saturated carbocycles. The summed E-state index contributed by atoms with van der Waals surface area (Å²) in [5.74, 6) is 2.14. The Morgan fingerprint density at radius 1 is 1.04 bits per heavy atom. The van der Waals surface area contributed by atoms with Gasteiger partial charge in [-0.1, -0.05) is 6.07 Å². The second-order valence-corrected chi connectivity index (χ2v) is 5.06. The topological polar surface area (TPSA) is 72.0 Å². The Morgan fingerprint density at radius 2 is 1.92 bits per heavy atom. The molecule has 0 spiro atoms. The first-order valence-electron chi connectivity index (χ1n) is 7.79. The summed E-state index contributed by atoms with van der Waals surface area (Å²) in [6.45, 7) is 3.25. The molecule has 0 bridgehead atoms. The van der Waals surface area contributed by atoms with E-state index in [0.717, 1.165) is 22.8 Å². The van der Waals surface area contributed by atoms with Crippen LogP contribution in [0.3, 0.4) is 0 Å². The molecule has 0 amide bonds. The molecule has 0 radical (unpaired) electrons. The molecule has 1 aromatic carbocycles. The zero-order valence-corrected chi connectivity index (χ0v) is 13.4. The number of anilines is 3. The first-order chi connectivity index (χ1) is 11.8. The van der Waals surface area contributed by atoms with Crippen molar-refractivity contribution in [2.24, 2.45) is 0 Å². The van der Waals surface area contributed by atoms with Crippen LogP contribution in [0.1, 0.15) is 12.5 Å². The van der Waals surface area contributed by atoms with Gasteiger partial charge in [0, 0.05) is 30.8 Å². The van der Waals surface area contributed by atoms with Crippen LogP contribution in [0.25, 0.3) is 0 Å². The lowest BCUT2D eigenvalue weighted by Gasteiger charge is -2.09. The van der Waals surface area contributed by atoms with Crippen molar-refractivity contribution in [2.75, 3.05) is 17.2 Å². The SMILES string of the molecule is CCOc1ccc(Nc2ccnc(NCc3cccnc3)n2)cc1. The number of nitrogens with one attached hydrogen (secondary N) is 2. The maximum absolute atomic E-state index is 5.44. The predicted octanol–water partition coefficient (Wildman–Crippen LogP) is 3.63. The summed E-state index contributed by atoms with van der Waals surface area (Å²) in [6.07, 6.45) is 5.28. The second-order valence-electron chi connectivity index (χ2n) is 5.06. The van der Waals surface area contributed by atoms with E-state index in [9.17, 15) is 0 Å². The quantitative estimate of drug-likeness (QED) is 0.692. The minimum Gasteiger partial charge on any atom is -0.494 e. The standard InChI is InChI=1S/C18H19N5O/c1-2-24-16-7-5-15(6-8-16)22-17-9-11-20-18(23-17)21-13-14-4-3-10-19-12-14/h3-12H,2,13H2,1H3,(H2,20,21,22,23). The average molecular weight is 321 g/mol. The molecular weight excluding hydrogens is 302 g/mol. The van der Waals surface area contributed by atoms with Crippen molar-refractivity contribution in [3.8, 4) is 5.75 Å². The summed E-state index contributed by atoms with van der Waals surface area (Å²) in [6, 6.07) is 13.5. The van der Waals surface area contributed by atoms with Crippen LogP contribution in [-0.2, 0) is 6.54 Å². The molecule has 0 atom stereocenters. The normalized spacial score (nSPS) is 10.2. The smallest absolute Gasteiger partial charge is 0.224 e. The molecule has 0 aliphatic rings. The zero-order chi connectivity index (χ0) is 16.6. The van der Waals surface area contributed by atoms with Crippen molar-refractivity contribution < 1.29 is 4.74 Å². The highest BCUT2D eigenvalue weighted by Crippen LogP contribution is 2.19. The van der Waals surface area contributed by atoms with Crippen molar-refractivity contribution in [2.45, 2.75) is 13.5 Å². The second kappa shape index (κ2) is 7.92. The van der Waals surface area contributed by atoms with Crippen molar-refractivity contribution in [3.63, 3.8) is 0 Å². The summed E-state index contributed by atoms with van der Waals surface area (Å²) < 4.78 is 5.44. The number of rotatable bonds is 7. The van der Waals surface area contributed by atoms with Crippen molar-refractivity contribution in [3.05, 3.63) is 66.6 Å². The molecule has 0 fully saturated rings.